The second-order valence-corrected chi connectivity index (χ2v) is 5.27. The number of halogens is 1. The van der Waals surface area contributed by atoms with Crippen molar-refractivity contribution in [2.45, 2.75) is 4.87 Å². The summed E-state index contributed by atoms with van der Waals surface area (Å²) in [6.07, 6.45) is 0. The van der Waals surface area contributed by atoms with Crippen molar-refractivity contribution in [3.8, 4) is 17.2 Å². The van der Waals surface area contributed by atoms with Crippen molar-refractivity contribution in [2.24, 2.45) is 0 Å². The lowest BCUT2D eigenvalue weighted by Gasteiger charge is -2.31. The Morgan fingerprint density at radius 3 is 2.55 bits per heavy atom. The average Bonchev–Trinajstić information content (AvgIpc) is 2.43. The predicted octanol–water partition coefficient (Wildman–Crippen LogP) is 2.81. The number of Topliss-reactive ketones (excluding diaryl/α,β-unsaturated/α-hetero) is 1. The Labute approximate surface area is 120 Å². The van der Waals surface area contributed by atoms with Gasteiger partial charge in [0.2, 0.25) is 0 Å². The number of carbonyl (C=O) groups is 1. The summed E-state index contributed by atoms with van der Waals surface area (Å²) >= 11 is 6.44. The van der Waals surface area contributed by atoms with Gasteiger partial charge >= 0.3 is 0 Å². The quantitative estimate of drug-likeness (QED) is 0.793. The maximum Gasteiger partial charge on any atom is 0.199 e. The van der Waals surface area contributed by atoms with Crippen molar-refractivity contribution >= 4 is 17.4 Å². The summed E-state index contributed by atoms with van der Waals surface area (Å²) in [5.74, 6) is -0.815. The van der Waals surface area contributed by atoms with Gasteiger partial charge < -0.3 is 14.9 Å². The van der Waals surface area contributed by atoms with Gasteiger partial charge in [0.1, 0.15) is 29.4 Å². The number of hydrogen-bond acceptors (Lipinski definition) is 4. The number of ether oxygens (including phenoxy) is 1. The van der Waals surface area contributed by atoms with E-state index < -0.39 is 10.7 Å². The Hall–Kier alpha value is -2.20. The summed E-state index contributed by atoms with van der Waals surface area (Å²) < 4.78 is 5.45. The topological polar surface area (TPSA) is 66.8 Å². The second-order valence-electron chi connectivity index (χ2n) is 4.62. The first-order valence-electron chi connectivity index (χ1n) is 6.00. The van der Waals surface area contributed by atoms with Crippen molar-refractivity contribution < 1.29 is 19.7 Å². The van der Waals surface area contributed by atoms with E-state index in [1.165, 1.54) is 6.07 Å². The first kappa shape index (κ1) is 12.8. The third-order valence-corrected chi connectivity index (χ3v) is 3.81. The van der Waals surface area contributed by atoms with Crippen molar-refractivity contribution in [3.63, 3.8) is 0 Å². The van der Waals surface area contributed by atoms with E-state index in [4.69, 9.17) is 16.3 Å². The molecule has 2 aromatic rings. The number of benzene rings is 2. The Balaban J connectivity index is 2.14. The van der Waals surface area contributed by atoms with Crippen molar-refractivity contribution in [2.75, 3.05) is 6.61 Å². The highest BCUT2D eigenvalue weighted by Crippen LogP contribution is 2.44. The lowest BCUT2D eigenvalue weighted by Crippen LogP contribution is -2.40. The van der Waals surface area contributed by atoms with Gasteiger partial charge in [-0.05, 0) is 5.56 Å². The zero-order chi connectivity index (χ0) is 14.3. The second kappa shape index (κ2) is 4.42. The molecule has 2 aromatic carbocycles. The van der Waals surface area contributed by atoms with Gasteiger partial charge in [-0.1, -0.05) is 30.3 Å². The van der Waals surface area contributed by atoms with Crippen LogP contribution in [-0.2, 0) is 4.87 Å². The van der Waals surface area contributed by atoms with Crippen LogP contribution in [0.1, 0.15) is 15.9 Å². The van der Waals surface area contributed by atoms with E-state index in [-0.39, 0.29) is 29.4 Å². The molecule has 0 aromatic heterocycles. The molecule has 0 spiro atoms. The Morgan fingerprint density at radius 2 is 1.85 bits per heavy atom. The summed E-state index contributed by atoms with van der Waals surface area (Å²) in [6, 6.07) is 11.2. The van der Waals surface area contributed by atoms with Gasteiger partial charge in [0.05, 0.1) is 0 Å². The van der Waals surface area contributed by atoms with Crippen LogP contribution in [0, 0.1) is 0 Å². The summed E-state index contributed by atoms with van der Waals surface area (Å²) in [4.78, 5) is 11.2. The molecule has 20 heavy (non-hydrogen) atoms. The van der Waals surface area contributed by atoms with Crippen LogP contribution >= 0.6 is 11.6 Å². The number of fused-ring (bicyclic) bond motifs is 1. The Kier molecular flexibility index (Phi) is 2.83. The monoisotopic (exact) mass is 290 g/mol. The molecule has 0 saturated carbocycles. The van der Waals surface area contributed by atoms with Crippen LogP contribution in [0.5, 0.6) is 17.2 Å². The van der Waals surface area contributed by atoms with Crippen LogP contribution in [0.2, 0.25) is 0 Å². The molecule has 1 unspecified atom stereocenters. The normalized spacial score (nSPS) is 21.1. The maximum absolute atomic E-state index is 12.6. The maximum atomic E-state index is 12.6. The van der Waals surface area contributed by atoms with Crippen LogP contribution in [0.4, 0.5) is 0 Å². The average molecular weight is 291 g/mol. The number of phenols is 2. The van der Waals surface area contributed by atoms with Gasteiger partial charge in [0.15, 0.2) is 10.7 Å². The number of phenolic OH excluding ortho intramolecular Hbond substituents is 2. The molecule has 1 atom stereocenters. The largest absolute Gasteiger partial charge is 0.508 e. The van der Waals surface area contributed by atoms with Crippen LogP contribution in [-0.4, -0.2) is 22.6 Å². The van der Waals surface area contributed by atoms with Gasteiger partial charge in [-0.2, -0.15) is 0 Å². The van der Waals surface area contributed by atoms with Gasteiger partial charge in [0.25, 0.3) is 0 Å². The van der Waals surface area contributed by atoms with Gasteiger partial charge in [-0.25, -0.2) is 0 Å². The fourth-order valence-electron chi connectivity index (χ4n) is 2.29. The third kappa shape index (κ3) is 1.80. The van der Waals surface area contributed by atoms with E-state index >= 15 is 0 Å². The molecule has 0 radical (unpaired) electrons. The SMILES string of the molecule is O=C1c2c(O)cc(O)cc2OCC1(Cl)c1ccccc1. The zero-order valence-electron chi connectivity index (χ0n) is 10.3. The standard InChI is InChI=1S/C15H11ClO4/c16-15(9-4-2-1-3-5-9)8-20-12-7-10(17)6-11(18)13(12)14(15)19/h1-7,17-18H,8H2. The van der Waals surface area contributed by atoms with Crippen LogP contribution < -0.4 is 4.74 Å². The predicted molar refractivity (Wildman–Crippen MR) is 73.6 cm³/mol. The minimum atomic E-state index is -1.37. The summed E-state index contributed by atoms with van der Waals surface area (Å²) in [5.41, 5.74) is 0.595. The van der Waals surface area contributed by atoms with Crippen LogP contribution in [0.15, 0.2) is 42.5 Å². The highest BCUT2D eigenvalue weighted by Gasteiger charge is 2.45. The minimum absolute atomic E-state index is 0.00657. The number of hydrogen-bond donors (Lipinski definition) is 2. The van der Waals surface area contributed by atoms with E-state index in [2.05, 4.69) is 0 Å². The lowest BCUT2D eigenvalue weighted by atomic mass is 9.87. The number of aromatic hydroxyl groups is 2. The lowest BCUT2D eigenvalue weighted by molar-refractivity contribution is 0.0856. The minimum Gasteiger partial charge on any atom is -0.508 e. The molecular weight excluding hydrogens is 280 g/mol. The molecule has 1 aliphatic rings. The van der Waals surface area contributed by atoms with Gasteiger partial charge in [-0.15, -0.1) is 11.6 Å². The molecule has 3 rings (SSSR count). The van der Waals surface area contributed by atoms with Crippen LogP contribution in [0.3, 0.4) is 0 Å². The van der Waals surface area contributed by atoms with Gasteiger partial charge in [-0.3, -0.25) is 4.79 Å². The molecule has 0 fully saturated rings. The highest BCUT2D eigenvalue weighted by atomic mass is 35.5. The Morgan fingerprint density at radius 1 is 1.15 bits per heavy atom. The number of rotatable bonds is 1. The third-order valence-electron chi connectivity index (χ3n) is 3.31. The van der Waals surface area contributed by atoms with E-state index in [9.17, 15) is 15.0 Å². The molecule has 1 aliphatic heterocycles. The summed E-state index contributed by atoms with van der Waals surface area (Å²) in [5, 5.41) is 19.3. The zero-order valence-corrected chi connectivity index (χ0v) is 11.1. The van der Waals surface area contributed by atoms with E-state index in [0.29, 0.717) is 5.56 Å². The van der Waals surface area contributed by atoms with Crippen molar-refractivity contribution in [1.82, 2.24) is 0 Å². The molecule has 102 valence electrons. The van der Waals surface area contributed by atoms with E-state index in [0.717, 1.165) is 6.07 Å². The number of alkyl halides is 1. The number of carbonyl (C=O) groups excluding carboxylic acids is 1. The first-order chi connectivity index (χ1) is 9.52. The summed E-state index contributed by atoms with van der Waals surface area (Å²) in [6.45, 7) is -0.0622. The fourth-order valence-corrected chi connectivity index (χ4v) is 2.56. The van der Waals surface area contributed by atoms with Crippen molar-refractivity contribution in [1.29, 1.82) is 0 Å². The van der Waals surface area contributed by atoms with E-state index in [1.807, 2.05) is 6.07 Å². The molecule has 0 amide bonds. The smallest absolute Gasteiger partial charge is 0.199 e. The van der Waals surface area contributed by atoms with Crippen molar-refractivity contribution in [3.05, 3.63) is 53.6 Å². The fraction of sp³-hybridized carbons (Fsp3) is 0.133. The van der Waals surface area contributed by atoms with E-state index in [1.54, 1.807) is 24.3 Å². The van der Waals surface area contributed by atoms with Crippen LogP contribution in [0.25, 0.3) is 0 Å². The number of ketones is 1. The molecule has 0 saturated heterocycles. The highest BCUT2D eigenvalue weighted by molar-refractivity contribution is 6.39. The van der Waals surface area contributed by atoms with Gasteiger partial charge in [0, 0.05) is 12.1 Å². The summed E-state index contributed by atoms with van der Waals surface area (Å²) in [7, 11) is 0. The molecule has 0 aliphatic carbocycles. The molecule has 4 nitrogen and oxygen atoms in total. The molecule has 5 heteroatoms. The molecule has 1 heterocycles. The first-order valence-corrected chi connectivity index (χ1v) is 6.38. The molecule has 2 N–H and O–H groups in total. The molecule has 0 bridgehead atoms. The molecular formula is C15H11ClO4. The Bertz CT molecular complexity index is 684.